The largest absolute Gasteiger partial charge is 0.396 e. The third-order valence-electron chi connectivity index (χ3n) is 7.51. The summed E-state index contributed by atoms with van der Waals surface area (Å²) in [5.74, 6) is 0.403. The van der Waals surface area contributed by atoms with E-state index in [0.717, 1.165) is 32.1 Å². The van der Waals surface area contributed by atoms with Crippen molar-refractivity contribution in [3.8, 4) is 0 Å². The van der Waals surface area contributed by atoms with E-state index in [1.807, 2.05) is 0 Å². The Morgan fingerprint density at radius 1 is 1.18 bits per heavy atom. The highest BCUT2D eigenvalue weighted by atomic mass is 16.3. The first kappa shape index (κ1) is 16.3. The molecule has 2 heteroatoms. The lowest BCUT2D eigenvalue weighted by Gasteiger charge is -2.59. The fourth-order valence-electron chi connectivity index (χ4n) is 5.82. The summed E-state index contributed by atoms with van der Waals surface area (Å²) in [6, 6.07) is 0. The van der Waals surface area contributed by atoms with Crippen molar-refractivity contribution >= 4 is 0 Å². The average Bonchev–Trinajstić information content (AvgIpc) is 2.51. The molecule has 124 valence electrons. The van der Waals surface area contributed by atoms with E-state index in [1.165, 1.54) is 12.8 Å². The zero-order chi connectivity index (χ0) is 16.2. The maximum atomic E-state index is 10.5. The van der Waals surface area contributed by atoms with Gasteiger partial charge in [0.1, 0.15) is 0 Å². The Hall–Kier alpha value is -0.600. The molecule has 5 atom stereocenters. The summed E-state index contributed by atoms with van der Waals surface area (Å²) in [7, 11) is 0. The Morgan fingerprint density at radius 3 is 2.55 bits per heavy atom. The van der Waals surface area contributed by atoms with Gasteiger partial charge in [-0.05, 0) is 61.7 Å². The van der Waals surface area contributed by atoms with Crippen molar-refractivity contribution in [1.82, 2.24) is 0 Å². The molecule has 0 heterocycles. The molecule has 0 saturated heterocycles. The van der Waals surface area contributed by atoms with E-state index in [1.54, 1.807) is 11.1 Å². The van der Waals surface area contributed by atoms with E-state index in [0.29, 0.717) is 5.92 Å². The summed E-state index contributed by atoms with van der Waals surface area (Å²) in [5, 5.41) is 20.5. The maximum absolute atomic E-state index is 10.5. The summed E-state index contributed by atoms with van der Waals surface area (Å²) in [6.45, 7) is 11.0. The Labute approximate surface area is 135 Å². The highest BCUT2D eigenvalue weighted by Gasteiger charge is 2.56. The number of allylic oxidation sites excluding steroid dienone is 3. The molecule has 22 heavy (non-hydrogen) atoms. The lowest BCUT2D eigenvalue weighted by atomic mass is 9.47. The maximum Gasteiger partial charge on any atom is 0.0619 e. The first-order chi connectivity index (χ1) is 10.3. The molecule has 0 aromatic rings. The highest BCUT2D eigenvalue weighted by molar-refractivity contribution is 5.33. The van der Waals surface area contributed by atoms with Crippen molar-refractivity contribution < 1.29 is 10.2 Å². The predicted octanol–water partition coefficient (Wildman–Crippen LogP) is 4.23. The molecular weight excluding hydrogens is 272 g/mol. The van der Waals surface area contributed by atoms with Crippen LogP contribution in [0.1, 0.15) is 65.7 Å². The Balaban J connectivity index is 2.00. The van der Waals surface area contributed by atoms with Crippen LogP contribution in [0.15, 0.2) is 23.8 Å². The number of fused-ring (bicyclic) bond motifs is 2. The Bertz CT molecular complexity index is 508. The molecule has 3 rings (SSSR count). The van der Waals surface area contributed by atoms with Crippen LogP contribution in [0.2, 0.25) is 0 Å². The smallest absolute Gasteiger partial charge is 0.0619 e. The van der Waals surface area contributed by atoms with E-state index in [9.17, 15) is 10.2 Å². The molecule has 1 fully saturated rings. The van der Waals surface area contributed by atoms with Gasteiger partial charge in [-0.15, -0.1) is 6.58 Å². The van der Waals surface area contributed by atoms with Crippen molar-refractivity contribution in [2.75, 3.05) is 6.61 Å². The molecule has 0 aromatic heterocycles. The molecule has 0 spiro atoms. The molecule has 2 N–H and O–H groups in total. The van der Waals surface area contributed by atoms with Crippen LogP contribution < -0.4 is 0 Å². The minimum absolute atomic E-state index is 0.0986. The van der Waals surface area contributed by atoms with E-state index in [2.05, 4.69) is 33.4 Å². The number of hydrogen-bond acceptors (Lipinski definition) is 2. The van der Waals surface area contributed by atoms with Gasteiger partial charge in [0.05, 0.1) is 12.7 Å². The number of hydrogen-bond donors (Lipinski definition) is 2. The second-order valence-electron chi connectivity index (χ2n) is 8.84. The van der Waals surface area contributed by atoms with Gasteiger partial charge >= 0.3 is 0 Å². The predicted molar refractivity (Wildman–Crippen MR) is 90.4 cm³/mol. The van der Waals surface area contributed by atoms with E-state index in [4.69, 9.17) is 0 Å². The molecule has 0 radical (unpaired) electrons. The van der Waals surface area contributed by atoms with Crippen LogP contribution in [0, 0.1) is 22.2 Å². The second kappa shape index (κ2) is 5.21. The lowest BCUT2D eigenvalue weighted by Crippen LogP contribution is -2.55. The molecule has 0 aliphatic heterocycles. The van der Waals surface area contributed by atoms with Gasteiger partial charge in [-0.1, -0.05) is 38.0 Å². The van der Waals surface area contributed by atoms with Gasteiger partial charge in [-0.3, -0.25) is 0 Å². The summed E-state index contributed by atoms with van der Waals surface area (Å²) in [5.41, 5.74) is 3.41. The van der Waals surface area contributed by atoms with Crippen molar-refractivity contribution in [2.45, 2.75) is 71.8 Å². The minimum atomic E-state index is -0.361. The van der Waals surface area contributed by atoms with Crippen LogP contribution in [-0.4, -0.2) is 22.9 Å². The third kappa shape index (κ3) is 2.14. The normalized spacial score (nSPS) is 48.6. The fraction of sp³-hybridized carbons (Fsp3) is 0.800. The van der Waals surface area contributed by atoms with Gasteiger partial charge in [0.25, 0.3) is 0 Å². The highest BCUT2D eigenvalue weighted by Crippen LogP contribution is 2.62. The van der Waals surface area contributed by atoms with Crippen LogP contribution in [-0.2, 0) is 0 Å². The van der Waals surface area contributed by atoms with Crippen LogP contribution >= 0.6 is 0 Å². The van der Waals surface area contributed by atoms with Crippen molar-refractivity contribution in [1.29, 1.82) is 0 Å². The van der Waals surface area contributed by atoms with Crippen molar-refractivity contribution in [2.24, 2.45) is 22.2 Å². The molecule has 3 aliphatic rings. The topological polar surface area (TPSA) is 40.5 Å². The molecule has 2 nitrogen and oxygen atoms in total. The minimum Gasteiger partial charge on any atom is -0.396 e. The van der Waals surface area contributed by atoms with Gasteiger partial charge in [0.2, 0.25) is 0 Å². The fourth-order valence-corrected chi connectivity index (χ4v) is 5.82. The van der Waals surface area contributed by atoms with Gasteiger partial charge in [0.15, 0.2) is 0 Å². The lowest BCUT2D eigenvalue weighted by molar-refractivity contribution is -0.124. The van der Waals surface area contributed by atoms with E-state index < -0.39 is 0 Å². The molecule has 0 unspecified atom stereocenters. The van der Waals surface area contributed by atoms with Crippen LogP contribution in [0.3, 0.4) is 0 Å². The van der Waals surface area contributed by atoms with E-state index >= 15 is 0 Å². The Kier molecular flexibility index (Phi) is 3.85. The van der Waals surface area contributed by atoms with Gasteiger partial charge in [-0.25, -0.2) is 0 Å². The standard InChI is InChI=1S/C20H32O2/c1-5-18(2)10-8-15-14(12-18)6-7-16-19(15,3)11-9-17(22)20(16,4)13-21/h5,16-17,21-22H,1,6-13H2,2-4H3/t16-,17+,18+,19-,20-/m1/s1. The molecule has 3 aliphatic carbocycles. The number of aliphatic hydroxyl groups is 2. The Morgan fingerprint density at radius 2 is 1.91 bits per heavy atom. The van der Waals surface area contributed by atoms with Crippen molar-refractivity contribution in [3.05, 3.63) is 23.8 Å². The van der Waals surface area contributed by atoms with Gasteiger partial charge in [0, 0.05) is 5.41 Å². The first-order valence-corrected chi connectivity index (χ1v) is 8.93. The molecule has 0 aromatic carbocycles. The van der Waals surface area contributed by atoms with E-state index in [-0.39, 0.29) is 29.0 Å². The summed E-state index contributed by atoms with van der Waals surface area (Å²) < 4.78 is 0. The van der Waals surface area contributed by atoms with Crippen molar-refractivity contribution in [3.63, 3.8) is 0 Å². The monoisotopic (exact) mass is 304 g/mol. The van der Waals surface area contributed by atoms with Crippen LogP contribution in [0.5, 0.6) is 0 Å². The molecule has 0 amide bonds. The quantitative estimate of drug-likeness (QED) is 0.750. The summed E-state index contributed by atoms with van der Waals surface area (Å²) in [4.78, 5) is 0. The molecule has 0 bridgehead atoms. The average molecular weight is 304 g/mol. The van der Waals surface area contributed by atoms with Crippen LogP contribution in [0.25, 0.3) is 0 Å². The number of aliphatic hydroxyl groups excluding tert-OH is 2. The van der Waals surface area contributed by atoms with Crippen LogP contribution in [0.4, 0.5) is 0 Å². The third-order valence-corrected chi connectivity index (χ3v) is 7.51. The summed E-state index contributed by atoms with van der Waals surface area (Å²) in [6.07, 6.45) is 9.44. The zero-order valence-electron chi connectivity index (χ0n) is 14.5. The SMILES string of the molecule is C=C[C@@]1(C)CCC2=C(CC[C@H]3[C@@](C)(CO)[C@@H](O)CC[C@]23C)C1. The van der Waals surface area contributed by atoms with Gasteiger partial charge in [-0.2, -0.15) is 0 Å². The molecular formula is C20H32O2. The number of rotatable bonds is 2. The first-order valence-electron chi connectivity index (χ1n) is 8.93. The second-order valence-corrected chi connectivity index (χ2v) is 8.84. The zero-order valence-corrected chi connectivity index (χ0v) is 14.5. The van der Waals surface area contributed by atoms with Gasteiger partial charge < -0.3 is 10.2 Å². The summed E-state index contributed by atoms with van der Waals surface area (Å²) >= 11 is 0. The molecule has 1 saturated carbocycles.